The highest BCUT2D eigenvalue weighted by atomic mass is 31.1. The number of Topliss-reactive ketones (excluding diaryl/α,β-unsaturated/α-hetero) is 1. The smallest absolute Gasteiger partial charge is 0.138 e. The number of hydrogen-bond donors (Lipinski definition) is 1. The highest BCUT2D eigenvalue weighted by Crippen LogP contribution is 2.22. The minimum atomic E-state index is -0.132. The maximum Gasteiger partial charge on any atom is 0.138 e. The van der Waals surface area contributed by atoms with Crippen LogP contribution in [0.15, 0.2) is 0 Å². The van der Waals surface area contributed by atoms with Crippen molar-refractivity contribution in [3.63, 3.8) is 0 Å². The van der Waals surface area contributed by atoms with Gasteiger partial charge in [-0.05, 0) is 31.6 Å². The van der Waals surface area contributed by atoms with Crippen molar-refractivity contribution in [2.24, 2.45) is 10.8 Å². The molecule has 1 unspecified atom stereocenters. The molecule has 0 heterocycles. The second-order valence-corrected chi connectivity index (χ2v) is 9.30. The normalized spacial score (nSPS) is 12.5. The van der Waals surface area contributed by atoms with E-state index in [9.17, 15) is 9.90 Å². The molecule has 0 aliphatic heterocycles. The first-order valence-electron chi connectivity index (χ1n) is 9.18. The molecule has 142 valence electrons. The summed E-state index contributed by atoms with van der Waals surface area (Å²) in [5.74, 6) is 0.384. The van der Waals surface area contributed by atoms with Crippen molar-refractivity contribution in [2.75, 3.05) is 13.3 Å². The molecule has 0 fully saturated rings. The summed E-state index contributed by atoms with van der Waals surface area (Å²) in [6, 6.07) is 0. The minimum absolute atomic E-state index is 0.0647. The highest BCUT2D eigenvalue weighted by Gasteiger charge is 2.20. The average Bonchev–Trinajstić information content (AvgIpc) is 2.41. The van der Waals surface area contributed by atoms with Crippen LogP contribution in [0.1, 0.15) is 93.9 Å². The second-order valence-electron chi connectivity index (χ2n) is 8.30. The molecule has 3 heteroatoms. The minimum Gasteiger partial charge on any atom is -0.393 e. The number of carbonyl (C=O) groups excluding carboxylic acids is 1. The van der Waals surface area contributed by atoms with Gasteiger partial charge in [0, 0.05) is 11.8 Å². The molecule has 0 spiro atoms. The summed E-state index contributed by atoms with van der Waals surface area (Å²) in [6.45, 7) is 20.7. The van der Waals surface area contributed by atoms with Crippen LogP contribution in [0.25, 0.3) is 0 Å². The van der Waals surface area contributed by atoms with Crippen molar-refractivity contribution < 1.29 is 9.90 Å². The summed E-state index contributed by atoms with van der Waals surface area (Å²) >= 11 is 0. The first-order valence-corrected chi connectivity index (χ1v) is 11.2. The van der Waals surface area contributed by atoms with Crippen molar-refractivity contribution in [3.05, 3.63) is 0 Å². The Labute approximate surface area is 149 Å². The molecule has 1 atom stereocenters. The number of hydrogen-bond acceptors (Lipinski definition) is 2. The van der Waals surface area contributed by atoms with Gasteiger partial charge in [-0.25, -0.2) is 0 Å². The van der Waals surface area contributed by atoms with Crippen LogP contribution in [0, 0.1) is 10.8 Å². The summed E-state index contributed by atoms with van der Waals surface area (Å²) in [5.41, 5.74) is -0.0651. The lowest BCUT2D eigenvalue weighted by atomic mass is 9.86. The van der Waals surface area contributed by atoms with Crippen LogP contribution in [-0.4, -0.2) is 30.3 Å². The van der Waals surface area contributed by atoms with Crippen LogP contribution in [-0.2, 0) is 4.79 Å². The zero-order chi connectivity index (χ0) is 19.1. The van der Waals surface area contributed by atoms with Crippen LogP contribution in [0.2, 0.25) is 0 Å². The van der Waals surface area contributed by atoms with Crippen LogP contribution in [0.4, 0.5) is 0 Å². The number of aliphatic hydroxyl groups excluding tert-OH is 1. The van der Waals surface area contributed by atoms with E-state index < -0.39 is 0 Å². The molecule has 1 N–H and O–H groups in total. The van der Waals surface area contributed by atoms with Gasteiger partial charge in [-0.15, -0.1) is 8.58 Å². The SMILES string of the molecule is CCCCC(=O)C(C)(C)C.CCCCC(O)C(C)(C)C.CPC. The predicted molar refractivity (Wildman–Crippen MR) is 109 cm³/mol. The van der Waals surface area contributed by atoms with Crippen molar-refractivity contribution in [1.82, 2.24) is 0 Å². The van der Waals surface area contributed by atoms with E-state index in [1.807, 2.05) is 20.8 Å². The predicted octanol–water partition coefficient (Wildman–Crippen LogP) is 6.30. The Morgan fingerprint density at radius 1 is 0.957 bits per heavy atom. The standard InChI is InChI=1S/C9H20O.C9H18O.C2H7P/c2*1-5-6-7-8(10)9(2,3)4;1-3-2/h8,10H,5-7H2,1-4H3;5-7H2,1-4H3;3H,1-2H3. The molecular formula is C20H45O2P. The van der Waals surface area contributed by atoms with Gasteiger partial charge < -0.3 is 5.11 Å². The van der Waals surface area contributed by atoms with Gasteiger partial charge in [0.05, 0.1) is 6.10 Å². The number of rotatable bonds is 6. The van der Waals surface area contributed by atoms with Crippen LogP contribution in [0.3, 0.4) is 0 Å². The molecule has 0 rings (SSSR count). The zero-order valence-corrected chi connectivity index (χ0v) is 18.7. The van der Waals surface area contributed by atoms with Crippen molar-refractivity contribution in [3.8, 4) is 0 Å². The van der Waals surface area contributed by atoms with Gasteiger partial charge in [0.2, 0.25) is 0 Å². The Bertz CT molecular complexity index is 262. The summed E-state index contributed by atoms with van der Waals surface area (Å²) < 4.78 is 0. The fourth-order valence-electron chi connectivity index (χ4n) is 1.54. The van der Waals surface area contributed by atoms with Gasteiger partial charge in [-0.3, -0.25) is 4.79 Å². The zero-order valence-electron chi connectivity index (χ0n) is 17.7. The molecule has 0 bridgehead atoms. The third-order valence-electron chi connectivity index (χ3n) is 3.42. The molecule has 0 aromatic rings. The molecule has 0 aliphatic rings. The quantitative estimate of drug-likeness (QED) is 0.572. The maximum absolute atomic E-state index is 11.2. The lowest BCUT2D eigenvalue weighted by Gasteiger charge is -2.25. The summed E-state index contributed by atoms with van der Waals surface area (Å²) in [4.78, 5) is 11.2. The van der Waals surface area contributed by atoms with Gasteiger partial charge in [0.25, 0.3) is 0 Å². The van der Waals surface area contributed by atoms with Crippen LogP contribution >= 0.6 is 8.58 Å². The van der Waals surface area contributed by atoms with Gasteiger partial charge in [0.1, 0.15) is 5.78 Å². The number of carbonyl (C=O) groups is 1. The van der Waals surface area contributed by atoms with Crippen molar-refractivity contribution in [1.29, 1.82) is 0 Å². The molecule has 0 amide bonds. The van der Waals surface area contributed by atoms with E-state index >= 15 is 0 Å². The monoisotopic (exact) mass is 348 g/mol. The maximum atomic E-state index is 11.2. The van der Waals surface area contributed by atoms with Crippen LogP contribution in [0.5, 0.6) is 0 Å². The molecule has 23 heavy (non-hydrogen) atoms. The molecule has 0 aliphatic carbocycles. The third-order valence-corrected chi connectivity index (χ3v) is 3.42. The van der Waals surface area contributed by atoms with E-state index in [1.54, 1.807) is 0 Å². The van der Waals surface area contributed by atoms with Gasteiger partial charge in [-0.2, -0.15) is 0 Å². The van der Waals surface area contributed by atoms with Gasteiger partial charge in [0.15, 0.2) is 0 Å². The topological polar surface area (TPSA) is 37.3 Å². The van der Waals surface area contributed by atoms with Gasteiger partial charge in [-0.1, -0.05) is 74.7 Å². The lowest BCUT2D eigenvalue weighted by molar-refractivity contribution is -0.126. The number of unbranched alkanes of at least 4 members (excludes halogenated alkanes) is 2. The number of ketones is 1. The Kier molecular flexibility index (Phi) is 18.9. The first-order chi connectivity index (χ1) is 10.4. The molecule has 2 nitrogen and oxygen atoms in total. The molecular weight excluding hydrogens is 303 g/mol. The third kappa shape index (κ3) is 22.1. The Balaban J connectivity index is -0.000000297. The molecule has 0 aromatic carbocycles. The fourth-order valence-corrected chi connectivity index (χ4v) is 1.54. The molecule has 0 saturated heterocycles. The Hall–Kier alpha value is 0.0600. The van der Waals surface area contributed by atoms with E-state index in [0.717, 1.165) is 40.7 Å². The molecule has 0 radical (unpaired) electrons. The summed E-state index contributed by atoms with van der Waals surface area (Å²) in [6.07, 6.45) is 6.02. The Morgan fingerprint density at radius 2 is 1.35 bits per heavy atom. The first kappa shape index (κ1) is 27.9. The summed E-state index contributed by atoms with van der Waals surface area (Å²) in [5, 5.41) is 9.52. The highest BCUT2D eigenvalue weighted by molar-refractivity contribution is 7.35. The molecule has 0 saturated carbocycles. The van der Waals surface area contributed by atoms with Crippen molar-refractivity contribution >= 4 is 14.4 Å². The van der Waals surface area contributed by atoms with E-state index in [-0.39, 0.29) is 16.9 Å². The Morgan fingerprint density at radius 3 is 1.61 bits per heavy atom. The summed E-state index contributed by atoms with van der Waals surface area (Å²) in [7, 11) is 1.08. The van der Waals surface area contributed by atoms with Crippen molar-refractivity contribution in [2.45, 2.75) is 100 Å². The van der Waals surface area contributed by atoms with Gasteiger partial charge >= 0.3 is 0 Å². The largest absolute Gasteiger partial charge is 0.393 e. The average molecular weight is 349 g/mol. The van der Waals surface area contributed by atoms with E-state index in [0.29, 0.717) is 5.78 Å². The van der Waals surface area contributed by atoms with E-state index in [4.69, 9.17) is 0 Å². The number of aliphatic hydroxyl groups is 1. The van der Waals surface area contributed by atoms with E-state index in [2.05, 4.69) is 47.9 Å². The van der Waals surface area contributed by atoms with E-state index in [1.165, 1.54) is 6.42 Å². The van der Waals surface area contributed by atoms with Crippen LogP contribution < -0.4 is 0 Å². The second kappa shape index (κ2) is 15.6. The fraction of sp³-hybridized carbons (Fsp3) is 0.950. The lowest BCUT2D eigenvalue weighted by Crippen LogP contribution is -2.25. The molecule has 0 aromatic heterocycles.